The quantitative estimate of drug-likeness (QED) is 0.657. The number of thiocarbonyl (C=S) groups is 1. The summed E-state index contributed by atoms with van der Waals surface area (Å²) in [4.78, 5) is 11.3. The van der Waals surface area contributed by atoms with Gasteiger partial charge in [-0.05, 0) is 35.8 Å². The van der Waals surface area contributed by atoms with E-state index in [-0.39, 0.29) is 12.0 Å². The highest BCUT2D eigenvalue weighted by atomic mass is 32.1. The number of ether oxygens (including phenoxy) is 1. The Morgan fingerprint density at radius 1 is 1.37 bits per heavy atom. The van der Waals surface area contributed by atoms with Gasteiger partial charge in [-0.15, -0.1) is 0 Å². The molecule has 1 atom stereocenters. The number of benzene rings is 1. The summed E-state index contributed by atoms with van der Waals surface area (Å²) in [6.07, 6.45) is 0.660. The number of carbonyl (C=O) groups excluding carboxylic acids is 1. The van der Waals surface area contributed by atoms with Crippen molar-refractivity contribution in [1.29, 1.82) is 0 Å². The molecule has 1 fully saturated rings. The molecule has 19 heavy (non-hydrogen) atoms. The Labute approximate surface area is 118 Å². The summed E-state index contributed by atoms with van der Waals surface area (Å²) >= 11 is 5.18. The second-order valence-electron chi connectivity index (χ2n) is 4.88. The molecule has 0 amide bonds. The van der Waals surface area contributed by atoms with Crippen molar-refractivity contribution in [3.8, 4) is 0 Å². The molecule has 4 nitrogen and oxygen atoms in total. The number of anilines is 1. The predicted molar refractivity (Wildman–Crippen MR) is 79.3 cm³/mol. The van der Waals surface area contributed by atoms with Gasteiger partial charge in [0.2, 0.25) is 0 Å². The molecule has 1 saturated heterocycles. The summed E-state index contributed by atoms with van der Waals surface area (Å²) < 4.78 is 4.87. The molecule has 5 heteroatoms. The second-order valence-corrected chi connectivity index (χ2v) is 5.29. The topological polar surface area (TPSA) is 50.4 Å². The normalized spacial score (nSPS) is 18.3. The van der Waals surface area contributed by atoms with Gasteiger partial charge in [0, 0.05) is 12.1 Å². The number of cyclic esters (lactones) is 1. The first-order valence-electron chi connectivity index (χ1n) is 6.40. The summed E-state index contributed by atoms with van der Waals surface area (Å²) in [5.74, 6) is 0.270. The van der Waals surface area contributed by atoms with Crippen molar-refractivity contribution in [2.24, 2.45) is 0 Å². The van der Waals surface area contributed by atoms with E-state index >= 15 is 0 Å². The van der Waals surface area contributed by atoms with Crippen LogP contribution in [0.25, 0.3) is 0 Å². The standard InChI is InChI=1S/C14H18N2O2S/c1-9(2)10-3-5-11(6-4-10)15-14(19)16-12-7-8-18-13(12)17/h3-6,9,12H,7-8H2,1-2H3,(H2,15,16,19)/t12-/m0/s1. The van der Waals surface area contributed by atoms with Gasteiger partial charge in [0.05, 0.1) is 6.61 Å². The minimum atomic E-state index is -0.324. The van der Waals surface area contributed by atoms with Crippen LogP contribution >= 0.6 is 12.2 Å². The van der Waals surface area contributed by atoms with E-state index in [0.29, 0.717) is 24.1 Å². The Morgan fingerprint density at radius 2 is 2.05 bits per heavy atom. The first-order chi connectivity index (χ1) is 9.06. The lowest BCUT2D eigenvalue weighted by Crippen LogP contribution is -2.40. The first-order valence-corrected chi connectivity index (χ1v) is 6.81. The van der Waals surface area contributed by atoms with E-state index in [1.807, 2.05) is 12.1 Å². The minimum Gasteiger partial charge on any atom is -0.464 e. The number of hydrogen-bond acceptors (Lipinski definition) is 3. The van der Waals surface area contributed by atoms with Gasteiger partial charge in [-0.25, -0.2) is 4.79 Å². The molecular weight excluding hydrogens is 260 g/mol. The van der Waals surface area contributed by atoms with Gasteiger partial charge >= 0.3 is 5.97 Å². The fourth-order valence-electron chi connectivity index (χ4n) is 1.90. The Balaban J connectivity index is 1.89. The highest BCUT2D eigenvalue weighted by Crippen LogP contribution is 2.17. The van der Waals surface area contributed by atoms with Gasteiger partial charge in [0.25, 0.3) is 0 Å². The average Bonchev–Trinajstić information content (AvgIpc) is 2.75. The summed E-state index contributed by atoms with van der Waals surface area (Å²) in [7, 11) is 0. The molecule has 1 aliphatic heterocycles. The van der Waals surface area contributed by atoms with Crippen LogP contribution < -0.4 is 10.6 Å². The van der Waals surface area contributed by atoms with E-state index in [4.69, 9.17) is 17.0 Å². The lowest BCUT2D eigenvalue weighted by Gasteiger charge is -2.14. The van der Waals surface area contributed by atoms with Gasteiger partial charge in [0.1, 0.15) is 6.04 Å². The maximum Gasteiger partial charge on any atom is 0.328 e. The van der Waals surface area contributed by atoms with Crippen LogP contribution in [0.15, 0.2) is 24.3 Å². The zero-order chi connectivity index (χ0) is 13.8. The lowest BCUT2D eigenvalue weighted by atomic mass is 10.0. The molecule has 0 spiro atoms. The van der Waals surface area contributed by atoms with E-state index < -0.39 is 0 Å². The lowest BCUT2D eigenvalue weighted by molar-refractivity contribution is -0.139. The van der Waals surface area contributed by atoms with E-state index in [2.05, 4.69) is 36.6 Å². The van der Waals surface area contributed by atoms with Crippen LogP contribution in [0.2, 0.25) is 0 Å². The Morgan fingerprint density at radius 3 is 2.58 bits per heavy atom. The van der Waals surface area contributed by atoms with Crippen molar-refractivity contribution < 1.29 is 9.53 Å². The van der Waals surface area contributed by atoms with Gasteiger partial charge in [-0.2, -0.15) is 0 Å². The molecule has 1 aliphatic rings. The monoisotopic (exact) mass is 278 g/mol. The van der Waals surface area contributed by atoms with Gasteiger partial charge in [-0.3, -0.25) is 0 Å². The molecule has 0 saturated carbocycles. The number of nitrogens with one attached hydrogen (secondary N) is 2. The van der Waals surface area contributed by atoms with E-state index in [1.165, 1.54) is 5.56 Å². The van der Waals surface area contributed by atoms with Crippen LogP contribution in [0.5, 0.6) is 0 Å². The molecule has 0 bridgehead atoms. The molecule has 1 aromatic carbocycles. The summed E-state index contributed by atoms with van der Waals surface area (Å²) in [6, 6.07) is 7.78. The van der Waals surface area contributed by atoms with Crippen LogP contribution in [0.4, 0.5) is 5.69 Å². The largest absolute Gasteiger partial charge is 0.464 e. The maximum absolute atomic E-state index is 11.3. The second kappa shape index (κ2) is 6.02. The van der Waals surface area contributed by atoms with Crippen LogP contribution in [-0.2, 0) is 9.53 Å². The highest BCUT2D eigenvalue weighted by Gasteiger charge is 2.26. The smallest absolute Gasteiger partial charge is 0.328 e. The molecule has 102 valence electrons. The predicted octanol–water partition coefficient (Wildman–Crippen LogP) is 2.41. The van der Waals surface area contributed by atoms with Crippen LogP contribution in [0.1, 0.15) is 31.7 Å². The van der Waals surface area contributed by atoms with E-state index in [9.17, 15) is 4.79 Å². The average molecular weight is 278 g/mol. The third kappa shape index (κ3) is 3.67. The van der Waals surface area contributed by atoms with Crippen LogP contribution in [0.3, 0.4) is 0 Å². The van der Waals surface area contributed by atoms with Gasteiger partial charge < -0.3 is 15.4 Å². The van der Waals surface area contributed by atoms with Crippen molar-refractivity contribution in [2.75, 3.05) is 11.9 Å². The van der Waals surface area contributed by atoms with Crippen molar-refractivity contribution in [2.45, 2.75) is 32.2 Å². The molecule has 1 aromatic rings. The summed E-state index contributed by atoms with van der Waals surface area (Å²) in [5, 5.41) is 6.47. The van der Waals surface area contributed by atoms with E-state index in [0.717, 1.165) is 5.69 Å². The molecule has 0 aromatic heterocycles. The molecule has 0 aliphatic carbocycles. The maximum atomic E-state index is 11.3. The molecular formula is C14H18N2O2S. The minimum absolute atomic E-state index is 0.237. The Bertz CT molecular complexity index is 471. The van der Waals surface area contributed by atoms with Crippen molar-refractivity contribution >= 4 is 29.0 Å². The number of esters is 1. The van der Waals surface area contributed by atoms with Crippen molar-refractivity contribution in [1.82, 2.24) is 5.32 Å². The van der Waals surface area contributed by atoms with Crippen LogP contribution in [0, 0.1) is 0 Å². The SMILES string of the molecule is CC(C)c1ccc(NC(=S)N[C@H]2CCOC2=O)cc1. The highest BCUT2D eigenvalue weighted by molar-refractivity contribution is 7.80. The zero-order valence-electron chi connectivity index (χ0n) is 11.1. The molecule has 2 N–H and O–H groups in total. The Hall–Kier alpha value is -1.62. The molecule has 0 unspecified atom stereocenters. The zero-order valence-corrected chi connectivity index (χ0v) is 11.9. The molecule has 0 radical (unpaired) electrons. The van der Waals surface area contributed by atoms with Crippen molar-refractivity contribution in [3.05, 3.63) is 29.8 Å². The summed E-state index contributed by atoms with van der Waals surface area (Å²) in [5.41, 5.74) is 2.19. The molecule has 2 rings (SSSR count). The van der Waals surface area contributed by atoms with Gasteiger partial charge in [-0.1, -0.05) is 26.0 Å². The van der Waals surface area contributed by atoms with Gasteiger partial charge in [0.15, 0.2) is 5.11 Å². The van der Waals surface area contributed by atoms with Crippen LogP contribution in [-0.4, -0.2) is 23.7 Å². The Kier molecular flexibility index (Phi) is 4.37. The van der Waals surface area contributed by atoms with E-state index in [1.54, 1.807) is 0 Å². The third-order valence-electron chi connectivity index (χ3n) is 3.08. The number of carbonyl (C=O) groups is 1. The summed E-state index contributed by atoms with van der Waals surface area (Å²) in [6.45, 7) is 4.77. The number of hydrogen-bond donors (Lipinski definition) is 2. The first kappa shape index (κ1) is 13.8. The number of rotatable bonds is 3. The fourth-order valence-corrected chi connectivity index (χ4v) is 2.16. The van der Waals surface area contributed by atoms with Crippen molar-refractivity contribution in [3.63, 3.8) is 0 Å². The molecule has 1 heterocycles. The fraction of sp³-hybridized carbons (Fsp3) is 0.429. The third-order valence-corrected chi connectivity index (χ3v) is 3.30.